The van der Waals surface area contributed by atoms with Crippen molar-refractivity contribution in [1.82, 2.24) is 15.0 Å². The van der Waals surface area contributed by atoms with Crippen LogP contribution >= 0.6 is 11.6 Å². The zero-order valence-corrected chi connectivity index (χ0v) is 15.2. The lowest BCUT2D eigenvalue weighted by molar-refractivity contribution is 0.0561. The molecule has 0 saturated carbocycles. The molecule has 2 aromatic carbocycles. The second-order valence-electron chi connectivity index (χ2n) is 6.48. The molecule has 2 heterocycles. The molecule has 3 aromatic rings. The van der Waals surface area contributed by atoms with Crippen molar-refractivity contribution in [2.24, 2.45) is 0 Å². The molecule has 0 aliphatic carbocycles. The van der Waals surface area contributed by atoms with Crippen LogP contribution in [0.4, 0.5) is 4.39 Å². The molecule has 0 N–H and O–H groups in total. The highest BCUT2D eigenvalue weighted by Gasteiger charge is 2.32. The van der Waals surface area contributed by atoms with Crippen molar-refractivity contribution in [2.45, 2.75) is 25.3 Å². The second-order valence-corrected chi connectivity index (χ2v) is 6.92. The van der Waals surface area contributed by atoms with Gasteiger partial charge in [0.2, 0.25) is 11.7 Å². The summed E-state index contributed by atoms with van der Waals surface area (Å²) in [5.74, 6) is 0.305. The van der Waals surface area contributed by atoms with Crippen LogP contribution < -0.4 is 0 Å². The van der Waals surface area contributed by atoms with Gasteiger partial charge < -0.3 is 9.42 Å². The minimum Gasteiger partial charge on any atom is -0.337 e. The summed E-state index contributed by atoms with van der Waals surface area (Å²) in [6.45, 7) is 0.593. The van der Waals surface area contributed by atoms with Crippen LogP contribution in [0, 0.1) is 5.82 Å². The standard InChI is InChI=1S/C20H17ClFN3O2/c21-15-5-3-4-14(12-15)18-23-19(27-24-18)17-6-1-2-11-25(17)20(26)13-7-9-16(22)10-8-13/h3-5,7-10,12,17H,1-2,6,11H2. The van der Waals surface area contributed by atoms with E-state index in [4.69, 9.17) is 16.1 Å². The first-order chi connectivity index (χ1) is 13.1. The maximum Gasteiger partial charge on any atom is 0.254 e. The van der Waals surface area contributed by atoms with Gasteiger partial charge in [-0.25, -0.2) is 4.39 Å². The van der Waals surface area contributed by atoms with Crippen LogP contribution in [0.25, 0.3) is 11.4 Å². The van der Waals surface area contributed by atoms with Crippen LogP contribution in [-0.2, 0) is 0 Å². The first kappa shape index (κ1) is 17.7. The van der Waals surface area contributed by atoms with E-state index >= 15 is 0 Å². The molecule has 1 saturated heterocycles. The molecular weight excluding hydrogens is 369 g/mol. The van der Waals surface area contributed by atoms with E-state index < -0.39 is 0 Å². The Morgan fingerprint density at radius 1 is 1.19 bits per heavy atom. The Kier molecular flexibility index (Phi) is 4.90. The van der Waals surface area contributed by atoms with Gasteiger partial charge in [0.1, 0.15) is 11.9 Å². The molecule has 0 spiro atoms. The molecule has 5 nitrogen and oxygen atoms in total. The Balaban J connectivity index is 1.61. The summed E-state index contributed by atoms with van der Waals surface area (Å²) in [7, 11) is 0. The molecule has 4 rings (SSSR count). The number of aromatic nitrogens is 2. The van der Waals surface area contributed by atoms with Crippen molar-refractivity contribution in [3.8, 4) is 11.4 Å². The topological polar surface area (TPSA) is 59.2 Å². The van der Waals surface area contributed by atoms with Gasteiger partial charge in [-0.2, -0.15) is 4.98 Å². The zero-order chi connectivity index (χ0) is 18.8. The van der Waals surface area contributed by atoms with Gasteiger partial charge >= 0.3 is 0 Å². The quantitative estimate of drug-likeness (QED) is 0.643. The van der Waals surface area contributed by atoms with Crippen LogP contribution in [0.3, 0.4) is 0 Å². The lowest BCUT2D eigenvalue weighted by Gasteiger charge is -2.33. The summed E-state index contributed by atoms with van der Waals surface area (Å²) < 4.78 is 18.6. The Morgan fingerprint density at radius 3 is 2.78 bits per heavy atom. The molecule has 27 heavy (non-hydrogen) atoms. The van der Waals surface area contributed by atoms with Crippen molar-refractivity contribution >= 4 is 17.5 Å². The van der Waals surface area contributed by atoms with E-state index in [2.05, 4.69) is 10.1 Å². The maximum absolute atomic E-state index is 13.2. The fourth-order valence-electron chi connectivity index (χ4n) is 3.31. The smallest absolute Gasteiger partial charge is 0.254 e. The Bertz CT molecular complexity index is 958. The largest absolute Gasteiger partial charge is 0.337 e. The van der Waals surface area contributed by atoms with Gasteiger partial charge in [0.05, 0.1) is 0 Å². The summed E-state index contributed by atoms with van der Waals surface area (Å²) in [6, 6.07) is 12.5. The number of benzene rings is 2. The van der Waals surface area contributed by atoms with Gasteiger partial charge in [0.25, 0.3) is 5.91 Å². The summed E-state index contributed by atoms with van der Waals surface area (Å²) in [4.78, 5) is 19.1. The molecule has 1 aromatic heterocycles. The molecule has 0 bridgehead atoms. The number of nitrogens with zero attached hydrogens (tertiary/aromatic N) is 3. The highest BCUT2D eigenvalue weighted by Crippen LogP contribution is 2.32. The van der Waals surface area contributed by atoms with E-state index in [1.807, 2.05) is 12.1 Å². The first-order valence-corrected chi connectivity index (χ1v) is 9.16. The van der Waals surface area contributed by atoms with Crippen LogP contribution in [-0.4, -0.2) is 27.5 Å². The van der Waals surface area contributed by atoms with Crippen LogP contribution in [0.5, 0.6) is 0 Å². The molecule has 1 aliphatic rings. The Morgan fingerprint density at radius 2 is 2.00 bits per heavy atom. The molecule has 1 unspecified atom stereocenters. The SMILES string of the molecule is O=C(c1ccc(F)cc1)N1CCCCC1c1nc(-c2cccc(Cl)c2)no1. The zero-order valence-electron chi connectivity index (χ0n) is 14.4. The van der Waals surface area contributed by atoms with Gasteiger partial charge in [-0.05, 0) is 55.7 Å². The monoisotopic (exact) mass is 385 g/mol. The molecule has 138 valence electrons. The average Bonchev–Trinajstić information content (AvgIpc) is 3.18. The maximum atomic E-state index is 13.2. The van der Waals surface area contributed by atoms with Crippen LogP contribution in [0.2, 0.25) is 5.02 Å². The average molecular weight is 386 g/mol. The third-order valence-electron chi connectivity index (χ3n) is 4.66. The third-order valence-corrected chi connectivity index (χ3v) is 4.90. The van der Waals surface area contributed by atoms with E-state index in [-0.39, 0.29) is 17.8 Å². The molecule has 1 fully saturated rings. The van der Waals surface area contributed by atoms with E-state index in [0.717, 1.165) is 24.8 Å². The number of likely N-dealkylation sites (tertiary alicyclic amines) is 1. The van der Waals surface area contributed by atoms with Crippen molar-refractivity contribution in [3.63, 3.8) is 0 Å². The van der Waals surface area contributed by atoms with Gasteiger partial charge in [0.15, 0.2) is 0 Å². The highest BCUT2D eigenvalue weighted by molar-refractivity contribution is 6.30. The van der Waals surface area contributed by atoms with E-state index in [9.17, 15) is 9.18 Å². The normalized spacial score (nSPS) is 17.1. The van der Waals surface area contributed by atoms with E-state index in [0.29, 0.717) is 28.8 Å². The number of rotatable bonds is 3. The number of hydrogen-bond donors (Lipinski definition) is 0. The fourth-order valence-corrected chi connectivity index (χ4v) is 3.50. The van der Waals surface area contributed by atoms with Crippen molar-refractivity contribution < 1.29 is 13.7 Å². The number of carbonyl (C=O) groups is 1. The van der Waals surface area contributed by atoms with Gasteiger partial charge in [0, 0.05) is 22.7 Å². The van der Waals surface area contributed by atoms with Gasteiger partial charge in [-0.15, -0.1) is 0 Å². The second kappa shape index (κ2) is 7.48. The van der Waals surface area contributed by atoms with Crippen molar-refractivity contribution in [1.29, 1.82) is 0 Å². The molecular formula is C20H17ClFN3O2. The lowest BCUT2D eigenvalue weighted by atomic mass is 10.0. The molecule has 1 atom stereocenters. The number of hydrogen-bond acceptors (Lipinski definition) is 4. The minimum atomic E-state index is -0.371. The van der Waals surface area contributed by atoms with E-state index in [1.54, 1.807) is 17.0 Å². The molecule has 1 amide bonds. The summed E-state index contributed by atoms with van der Waals surface area (Å²) in [5.41, 5.74) is 1.20. The minimum absolute atomic E-state index is 0.165. The third kappa shape index (κ3) is 3.71. The van der Waals surface area contributed by atoms with E-state index in [1.165, 1.54) is 24.3 Å². The highest BCUT2D eigenvalue weighted by atomic mass is 35.5. The number of piperidine rings is 1. The summed E-state index contributed by atoms with van der Waals surface area (Å²) >= 11 is 6.03. The fraction of sp³-hybridized carbons (Fsp3) is 0.250. The predicted octanol–water partition coefficient (Wildman–Crippen LogP) is 4.90. The Hall–Kier alpha value is -2.73. The number of carbonyl (C=O) groups excluding carboxylic acids is 1. The van der Waals surface area contributed by atoms with Gasteiger partial charge in [-0.3, -0.25) is 4.79 Å². The molecule has 0 radical (unpaired) electrons. The van der Waals surface area contributed by atoms with Crippen LogP contribution in [0.1, 0.15) is 41.6 Å². The molecule has 7 heteroatoms. The predicted molar refractivity (Wildman–Crippen MR) is 98.8 cm³/mol. The number of amides is 1. The number of halogens is 2. The van der Waals surface area contributed by atoms with Crippen molar-refractivity contribution in [2.75, 3.05) is 6.54 Å². The van der Waals surface area contributed by atoms with Gasteiger partial charge in [-0.1, -0.05) is 28.9 Å². The summed E-state index contributed by atoms with van der Waals surface area (Å²) in [6.07, 6.45) is 2.61. The van der Waals surface area contributed by atoms with Crippen LogP contribution in [0.15, 0.2) is 53.1 Å². The lowest BCUT2D eigenvalue weighted by Crippen LogP contribution is -2.38. The first-order valence-electron chi connectivity index (χ1n) is 8.78. The summed E-state index contributed by atoms with van der Waals surface area (Å²) in [5, 5.41) is 4.64. The molecule has 1 aliphatic heterocycles. The Labute approximate surface area is 160 Å². The van der Waals surface area contributed by atoms with Crippen molar-refractivity contribution in [3.05, 3.63) is 70.8 Å².